The van der Waals surface area contributed by atoms with Crippen molar-refractivity contribution >= 4 is 5.69 Å². The third-order valence-electron chi connectivity index (χ3n) is 2.87. The summed E-state index contributed by atoms with van der Waals surface area (Å²) in [4.78, 5) is 0. The zero-order chi connectivity index (χ0) is 12.4. The SMILES string of the molecule is Cc1cccc(NC2OC(CO)C(O)C2O)c1. The van der Waals surface area contributed by atoms with Gasteiger partial charge >= 0.3 is 0 Å². The van der Waals surface area contributed by atoms with Crippen molar-refractivity contribution < 1.29 is 20.1 Å². The minimum Gasteiger partial charge on any atom is -0.394 e. The highest BCUT2D eigenvalue weighted by Crippen LogP contribution is 2.23. The van der Waals surface area contributed by atoms with Crippen LogP contribution in [-0.4, -0.2) is 46.5 Å². The van der Waals surface area contributed by atoms with Gasteiger partial charge in [0.05, 0.1) is 6.61 Å². The van der Waals surface area contributed by atoms with E-state index in [-0.39, 0.29) is 6.61 Å². The number of aliphatic hydroxyl groups excluding tert-OH is 3. The van der Waals surface area contributed by atoms with Gasteiger partial charge < -0.3 is 25.4 Å². The number of hydrogen-bond acceptors (Lipinski definition) is 5. The van der Waals surface area contributed by atoms with E-state index < -0.39 is 24.5 Å². The highest BCUT2D eigenvalue weighted by molar-refractivity contribution is 5.46. The third kappa shape index (κ3) is 2.58. The summed E-state index contributed by atoms with van der Waals surface area (Å²) in [6.45, 7) is 1.65. The number of ether oxygens (including phenoxy) is 1. The predicted molar refractivity (Wildman–Crippen MR) is 62.6 cm³/mol. The molecule has 2 rings (SSSR count). The minimum atomic E-state index is -1.07. The highest BCUT2D eigenvalue weighted by Gasteiger charge is 2.42. The Labute approximate surface area is 99.7 Å². The van der Waals surface area contributed by atoms with E-state index in [1.807, 2.05) is 31.2 Å². The molecule has 4 N–H and O–H groups in total. The first-order chi connectivity index (χ1) is 8.11. The molecule has 0 radical (unpaired) electrons. The lowest BCUT2D eigenvalue weighted by Crippen LogP contribution is -2.36. The number of aliphatic hydroxyl groups is 3. The fourth-order valence-electron chi connectivity index (χ4n) is 1.92. The normalized spacial score (nSPS) is 32.7. The topological polar surface area (TPSA) is 82.0 Å². The van der Waals surface area contributed by atoms with Crippen molar-refractivity contribution in [1.82, 2.24) is 0 Å². The molecule has 94 valence electrons. The lowest BCUT2D eigenvalue weighted by molar-refractivity contribution is -0.0153. The van der Waals surface area contributed by atoms with Gasteiger partial charge in [-0.15, -0.1) is 0 Å². The lowest BCUT2D eigenvalue weighted by atomic mass is 10.1. The average Bonchev–Trinajstić information content (AvgIpc) is 2.57. The number of benzene rings is 1. The van der Waals surface area contributed by atoms with E-state index >= 15 is 0 Å². The van der Waals surface area contributed by atoms with Crippen LogP contribution in [0.15, 0.2) is 24.3 Å². The maximum Gasteiger partial charge on any atom is 0.157 e. The molecule has 0 spiro atoms. The van der Waals surface area contributed by atoms with Crippen LogP contribution in [0.2, 0.25) is 0 Å². The quantitative estimate of drug-likeness (QED) is 0.589. The number of hydrogen-bond donors (Lipinski definition) is 4. The van der Waals surface area contributed by atoms with Crippen molar-refractivity contribution in [2.75, 3.05) is 11.9 Å². The lowest BCUT2D eigenvalue weighted by Gasteiger charge is -2.17. The van der Waals surface area contributed by atoms with Gasteiger partial charge in [-0.1, -0.05) is 12.1 Å². The molecule has 1 saturated heterocycles. The number of rotatable bonds is 3. The molecule has 0 bridgehead atoms. The van der Waals surface area contributed by atoms with Gasteiger partial charge in [-0.25, -0.2) is 0 Å². The second-order valence-corrected chi connectivity index (χ2v) is 4.27. The molecule has 1 aromatic carbocycles. The van der Waals surface area contributed by atoms with Crippen LogP contribution in [0.25, 0.3) is 0 Å². The Balaban J connectivity index is 2.05. The zero-order valence-corrected chi connectivity index (χ0v) is 9.58. The highest BCUT2D eigenvalue weighted by atomic mass is 16.6. The molecule has 0 saturated carbocycles. The van der Waals surface area contributed by atoms with E-state index in [0.717, 1.165) is 11.3 Å². The number of nitrogens with one attached hydrogen (secondary N) is 1. The molecule has 1 aromatic rings. The fraction of sp³-hybridized carbons (Fsp3) is 0.500. The van der Waals surface area contributed by atoms with Crippen molar-refractivity contribution in [2.24, 2.45) is 0 Å². The van der Waals surface area contributed by atoms with E-state index in [4.69, 9.17) is 9.84 Å². The van der Waals surface area contributed by atoms with Gasteiger partial charge in [-0.3, -0.25) is 0 Å². The largest absolute Gasteiger partial charge is 0.394 e. The van der Waals surface area contributed by atoms with Crippen LogP contribution in [-0.2, 0) is 4.74 Å². The van der Waals surface area contributed by atoms with E-state index in [0.29, 0.717) is 0 Å². The van der Waals surface area contributed by atoms with Crippen molar-refractivity contribution in [3.8, 4) is 0 Å². The summed E-state index contributed by atoms with van der Waals surface area (Å²) in [7, 11) is 0. The second kappa shape index (κ2) is 5.01. The van der Waals surface area contributed by atoms with Crippen LogP contribution < -0.4 is 5.32 Å². The Morgan fingerprint density at radius 1 is 1.29 bits per heavy atom. The minimum absolute atomic E-state index is 0.315. The van der Waals surface area contributed by atoms with Gasteiger partial charge in [0.15, 0.2) is 6.23 Å². The molecule has 5 nitrogen and oxygen atoms in total. The molecule has 1 aliphatic rings. The van der Waals surface area contributed by atoms with Crippen LogP contribution >= 0.6 is 0 Å². The Kier molecular flexibility index (Phi) is 3.63. The number of aryl methyl sites for hydroxylation is 1. The van der Waals surface area contributed by atoms with Gasteiger partial charge in [-0.05, 0) is 24.6 Å². The summed E-state index contributed by atoms with van der Waals surface area (Å²) in [5, 5.41) is 31.3. The predicted octanol–water partition coefficient (Wildman–Crippen LogP) is -0.154. The molecule has 5 heteroatoms. The van der Waals surface area contributed by atoms with Crippen LogP contribution in [0.3, 0.4) is 0 Å². The van der Waals surface area contributed by atoms with E-state index in [9.17, 15) is 10.2 Å². The first-order valence-corrected chi connectivity index (χ1v) is 5.57. The second-order valence-electron chi connectivity index (χ2n) is 4.27. The summed E-state index contributed by atoms with van der Waals surface area (Å²) in [6, 6.07) is 7.61. The van der Waals surface area contributed by atoms with Crippen LogP contribution in [0.4, 0.5) is 5.69 Å². The van der Waals surface area contributed by atoms with E-state index in [1.165, 1.54) is 0 Å². The molecule has 4 atom stereocenters. The Morgan fingerprint density at radius 3 is 2.65 bits per heavy atom. The monoisotopic (exact) mass is 239 g/mol. The van der Waals surface area contributed by atoms with Crippen LogP contribution in [0.1, 0.15) is 5.56 Å². The first kappa shape index (κ1) is 12.3. The summed E-state index contributed by atoms with van der Waals surface area (Å²) in [5.74, 6) is 0. The van der Waals surface area contributed by atoms with Gasteiger partial charge in [-0.2, -0.15) is 0 Å². The third-order valence-corrected chi connectivity index (χ3v) is 2.87. The molecular formula is C12H17NO4. The van der Waals surface area contributed by atoms with Crippen molar-refractivity contribution in [3.05, 3.63) is 29.8 Å². The summed E-state index contributed by atoms with van der Waals surface area (Å²) in [5.41, 5.74) is 1.89. The molecule has 1 heterocycles. The van der Waals surface area contributed by atoms with Gasteiger partial charge in [0.2, 0.25) is 0 Å². The maximum atomic E-state index is 9.74. The van der Waals surface area contributed by atoms with Gasteiger partial charge in [0.25, 0.3) is 0 Å². The molecule has 0 aliphatic carbocycles. The molecular weight excluding hydrogens is 222 g/mol. The molecule has 1 aliphatic heterocycles. The van der Waals surface area contributed by atoms with Crippen LogP contribution in [0.5, 0.6) is 0 Å². The average molecular weight is 239 g/mol. The number of anilines is 1. The fourth-order valence-corrected chi connectivity index (χ4v) is 1.92. The Hall–Kier alpha value is -1.14. The molecule has 0 amide bonds. The summed E-state index contributed by atoms with van der Waals surface area (Å²) < 4.78 is 5.32. The first-order valence-electron chi connectivity index (χ1n) is 5.57. The standard InChI is InChI=1S/C12H17NO4/c1-7-3-2-4-8(5-7)13-12-11(16)10(15)9(6-14)17-12/h2-5,9-16H,6H2,1H3. The smallest absolute Gasteiger partial charge is 0.157 e. The maximum absolute atomic E-state index is 9.74. The van der Waals surface area contributed by atoms with Gasteiger partial charge in [0, 0.05) is 5.69 Å². The molecule has 1 fully saturated rings. The molecule has 0 aromatic heterocycles. The molecule has 17 heavy (non-hydrogen) atoms. The Morgan fingerprint density at radius 2 is 2.06 bits per heavy atom. The van der Waals surface area contributed by atoms with Crippen molar-refractivity contribution in [2.45, 2.75) is 31.5 Å². The van der Waals surface area contributed by atoms with Crippen LogP contribution in [0, 0.1) is 6.92 Å². The van der Waals surface area contributed by atoms with Gasteiger partial charge in [0.1, 0.15) is 18.3 Å². The molecule has 4 unspecified atom stereocenters. The zero-order valence-electron chi connectivity index (χ0n) is 9.58. The summed E-state index contributed by atoms with van der Waals surface area (Å²) >= 11 is 0. The van der Waals surface area contributed by atoms with E-state index in [2.05, 4.69) is 5.32 Å². The van der Waals surface area contributed by atoms with Crippen molar-refractivity contribution in [1.29, 1.82) is 0 Å². The van der Waals surface area contributed by atoms with E-state index in [1.54, 1.807) is 0 Å². The van der Waals surface area contributed by atoms with Crippen molar-refractivity contribution in [3.63, 3.8) is 0 Å². The summed E-state index contributed by atoms with van der Waals surface area (Å²) in [6.07, 6.45) is -3.56. The Bertz CT molecular complexity index is 385.